The molecular weight excluding hydrogens is 316 g/mol. The molecule has 0 aliphatic heterocycles. The van der Waals surface area contributed by atoms with Gasteiger partial charge in [-0.2, -0.15) is 0 Å². The normalized spacial score (nSPS) is 12.0. The molecule has 0 heterocycles. The quantitative estimate of drug-likeness (QED) is 0.663. The Bertz CT molecular complexity index is 609. The SMILES string of the molecule is CC(C)(CN)NC(=O)CCCCOc1ccc(S(C)(=O)=O)cc1. The number of unbranched alkanes of at least 4 members (excludes halogenated alkanes) is 1. The summed E-state index contributed by atoms with van der Waals surface area (Å²) in [6, 6.07) is 6.31. The number of carbonyl (C=O) groups excluding carboxylic acids is 1. The minimum absolute atomic E-state index is 0.0158. The van der Waals surface area contributed by atoms with Gasteiger partial charge in [-0.05, 0) is 51.0 Å². The first-order valence-electron chi connectivity index (χ1n) is 7.58. The number of nitrogens with one attached hydrogen (secondary N) is 1. The molecule has 1 aromatic carbocycles. The fraction of sp³-hybridized carbons (Fsp3) is 0.562. The van der Waals surface area contributed by atoms with Crippen LogP contribution in [0.2, 0.25) is 0 Å². The van der Waals surface area contributed by atoms with Gasteiger partial charge in [0, 0.05) is 24.8 Å². The first-order chi connectivity index (χ1) is 10.6. The van der Waals surface area contributed by atoms with E-state index < -0.39 is 9.84 Å². The van der Waals surface area contributed by atoms with Gasteiger partial charge in [0.05, 0.1) is 11.5 Å². The minimum Gasteiger partial charge on any atom is -0.494 e. The molecule has 1 aromatic rings. The van der Waals surface area contributed by atoms with Crippen LogP contribution in [0.15, 0.2) is 29.2 Å². The topological polar surface area (TPSA) is 98.5 Å². The smallest absolute Gasteiger partial charge is 0.220 e. The van der Waals surface area contributed by atoms with Crippen LogP contribution >= 0.6 is 0 Å². The van der Waals surface area contributed by atoms with Crippen LogP contribution in [0.25, 0.3) is 0 Å². The summed E-state index contributed by atoms with van der Waals surface area (Å²) in [5.74, 6) is 0.601. The van der Waals surface area contributed by atoms with Gasteiger partial charge < -0.3 is 15.8 Å². The third kappa shape index (κ3) is 7.47. The lowest BCUT2D eigenvalue weighted by molar-refractivity contribution is -0.122. The molecule has 23 heavy (non-hydrogen) atoms. The highest BCUT2D eigenvalue weighted by atomic mass is 32.2. The standard InChI is InChI=1S/C16H26N2O4S/c1-16(2,12-17)18-15(19)6-4-5-11-22-13-7-9-14(10-8-13)23(3,20)21/h7-10H,4-6,11-12,17H2,1-3H3,(H,18,19). The number of sulfone groups is 1. The Kier molecular flexibility index (Phi) is 7.02. The summed E-state index contributed by atoms with van der Waals surface area (Å²) in [5, 5.41) is 2.87. The Labute approximate surface area is 138 Å². The van der Waals surface area contributed by atoms with Gasteiger partial charge in [0.2, 0.25) is 5.91 Å². The maximum atomic E-state index is 11.7. The number of benzene rings is 1. The Morgan fingerprint density at radius 3 is 2.35 bits per heavy atom. The maximum Gasteiger partial charge on any atom is 0.220 e. The van der Waals surface area contributed by atoms with E-state index in [1.165, 1.54) is 18.4 Å². The van der Waals surface area contributed by atoms with Crippen molar-refractivity contribution in [3.8, 4) is 5.75 Å². The van der Waals surface area contributed by atoms with Crippen molar-refractivity contribution in [2.75, 3.05) is 19.4 Å². The fourth-order valence-electron chi connectivity index (χ4n) is 1.85. The highest BCUT2D eigenvalue weighted by Crippen LogP contribution is 2.16. The molecule has 0 aliphatic carbocycles. The van der Waals surface area contributed by atoms with Gasteiger partial charge in [-0.1, -0.05) is 0 Å². The summed E-state index contributed by atoms with van der Waals surface area (Å²) in [6.45, 7) is 4.64. The molecule has 130 valence electrons. The summed E-state index contributed by atoms with van der Waals surface area (Å²) >= 11 is 0. The summed E-state index contributed by atoms with van der Waals surface area (Å²) in [6.07, 6.45) is 3.05. The molecule has 3 N–H and O–H groups in total. The lowest BCUT2D eigenvalue weighted by atomic mass is 10.1. The van der Waals surface area contributed by atoms with E-state index in [0.29, 0.717) is 31.7 Å². The molecule has 0 bridgehead atoms. The van der Waals surface area contributed by atoms with Gasteiger partial charge in [-0.15, -0.1) is 0 Å². The Balaban J connectivity index is 2.26. The van der Waals surface area contributed by atoms with Gasteiger partial charge in [-0.25, -0.2) is 8.42 Å². The van der Waals surface area contributed by atoms with Crippen molar-refractivity contribution >= 4 is 15.7 Å². The number of amides is 1. The predicted molar refractivity (Wildman–Crippen MR) is 90.2 cm³/mol. The Morgan fingerprint density at radius 1 is 1.22 bits per heavy atom. The molecule has 0 saturated heterocycles. The van der Waals surface area contributed by atoms with E-state index in [0.717, 1.165) is 6.42 Å². The van der Waals surface area contributed by atoms with Crippen LogP contribution in [0.4, 0.5) is 0 Å². The average molecular weight is 342 g/mol. The molecule has 0 atom stereocenters. The van der Waals surface area contributed by atoms with Crippen molar-refractivity contribution in [1.29, 1.82) is 0 Å². The van der Waals surface area contributed by atoms with E-state index in [-0.39, 0.29) is 16.3 Å². The van der Waals surface area contributed by atoms with Crippen molar-refractivity contribution < 1.29 is 17.9 Å². The minimum atomic E-state index is -3.18. The van der Waals surface area contributed by atoms with Gasteiger partial charge in [-0.3, -0.25) is 4.79 Å². The van der Waals surface area contributed by atoms with Gasteiger partial charge in [0.25, 0.3) is 0 Å². The molecule has 0 unspecified atom stereocenters. The molecule has 0 saturated carbocycles. The van der Waals surface area contributed by atoms with Crippen molar-refractivity contribution in [2.45, 2.75) is 43.5 Å². The third-order valence-corrected chi connectivity index (χ3v) is 4.44. The van der Waals surface area contributed by atoms with Gasteiger partial charge in [0.15, 0.2) is 9.84 Å². The molecule has 0 spiro atoms. The monoisotopic (exact) mass is 342 g/mol. The van der Waals surface area contributed by atoms with Crippen molar-refractivity contribution in [3.63, 3.8) is 0 Å². The number of carbonyl (C=O) groups is 1. The first kappa shape index (κ1) is 19.4. The summed E-state index contributed by atoms with van der Waals surface area (Å²) < 4.78 is 28.2. The number of hydrogen-bond acceptors (Lipinski definition) is 5. The van der Waals surface area contributed by atoms with Crippen LogP contribution in [0.1, 0.15) is 33.1 Å². The van der Waals surface area contributed by atoms with Crippen LogP contribution in [0.3, 0.4) is 0 Å². The maximum absolute atomic E-state index is 11.7. The van der Waals surface area contributed by atoms with Crippen LogP contribution in [-0.2, 0) is 14.6 Å². The highest BCUT2D eigenvalue weighted by Gasteiger charge is 2.17. The Morgan fingerprint density at radius 2 is 1.83 bits per heavy atom. The zero-order valence-corrected chi connectivity index (χ0v) is 14.8. The molecule has 7 heteroatoms. The number of hydrogen-bond donors (Lipinski definition) is 2. The van der Waals surface area contributed by atoms with Crippen LogP contribution in [-0.4, -0.2) is 39.3 Å². The van der Waals surface area contributed by atoms with E-state index in [1.54, 1.807) is 12.1 Å². The summed E-state index contributed by atoms with van der Waals surface area (Å²) in [5.41, 5.74) is 5.18. The highest BCUT2D eigenvalue weighted by molar-refractivity contribution is 7.90. The molecule has 0 radical (unpaired) electrons. The van der Waals surface area contributed by atoms with Crippen molar-refractivity contribution in [1.82, 2.24) is 5.32 Å². The van der Waals surface area contributed by atoms with Crippen molar-refractivity contribution in [3.05, 3.63) is 24.3 Å². The fourth-order valence-corrected chi connectivity index (χ4v) is 2.48. The number of nitrogens with two attached hydrogens (primary N) is 1. The molecule has 0 aliphatic rings. The molecule has 1 rings (SSSR count). The predicted octanol–water partition coefficient (Wildman–Crippen LogP) is 1.49. The molecule has 1 amide bonds. The van der Waals surface area contributed by atoms with E-state index in [9.17, 15) is 13.2 Å². The van der Waals surface area contributed by atoms with E-state index in [1.807, 2.05) is 13.8 Å². The number of rotatable bonds is 9. The summed E-state index contributed by atoms with van der Waals surface area (Å²) in [7, 11) is -3.18. The van der Waals surface area contributed by atoms with Gasteiger partial charge in [0.1, 0.15) is 5.75 Å². The second-order valence-corrected chi connectivity index (χ2v) is 8.20. The lowest BCUT2D eigenvalue weighted by Gasteiger charge is -2.24. The number of ether oxygens (including phenoxy) is 1. The molecule has 6 nitrogen and oxygen atoms in total. The van der Waals surface area contributed by atoms with Crippen LogP contribution in [0, 0.1) is 0 Å². The average Bonchev–Trinajstić information content (AvgIpc) is 2.46. The van der Waals surface area contributed by atoms with E-state index in [4.69, 9.17) is 10.5 Å². The van der Waals surface area contributed by atoms with E-state index >= 15 is 0 Å². The molecular formula is C16H26N2O4S. The summed E-state index contributed by atoms with van der Waals surface area (Å²) in [4.78, 5) is 12.0. The second-order valence-electron chi connectivity index (χ2n) is 6.19. The molecule has 0 fully saturated rings. The zero-order valence-electron chi connectivity index (χ0n) is 14.0. The zero-order chi connectivity index (χ0) is 17.5. The van der Waals surface area contributed by atoms with E-state index in [2.05, 4.69) is 5.32 Å². The largest absolute Gasteiger partial charge is 0.494 e. The van der Waals surface area contributed by atoms with Crippen LogP contribution < -0.4 is 15.8 Å². The molecule has 0 aromatic heterocycles. The first-order valence-corrected chi connectivity index (χ1v) is 9.47. The third-order valence-electron chi connectivity index (χ3n) is 3.31. The Hall–Kier alpha value is -1.60. The van der Waals surface area contributed by atoms with Gasteiger partial charge >= 0.3 is 0 Å². The van der Waals surface area contributed by atoms with Crippen LogP contribution in [0.5, 0.6) is 5.75 Å². The second kappa shape index (κ2) is 8.31. The lowest BCUT2D eigenvalue weighted by Crippen LogP contribution is -2.48. The van der Waals surface area contributed by atoms with Crippen molar-refractivity contribution in [2.24, 2.45) is 5.73 Å².